The minimum Gasteiger partial charge on any atom is -0.382 e. The molecular formula is C17H19N5S3. The third kappa shape index (κ3) is 4.53. The van der Waals surface area contributed by atoms with Gasteiger partial charge < -0.3 is 16.0 Å². The number of nitrogens with two attached hydrogens (primary N) is 1. The van der Waals surface area contributed by atoms with E-state index < -0.39 is 0 Å². The molecule has 0 bridgehead atoms. The molecule has 2 heterocycles. The Labute approximate surface area is 159 Å². The highest BCUT2D eigenvalue weighted by Crippen LogP contribution is 2.28. The van der Waals surface area contributed by atoms with E-state index in [1.54, 1.807) is 23.1 Å². The molecular weight excluding hydrogens is 370 g/mol. The highest BCUT2D eigenvalue weighted by molar-refractivity contribution is 8.00. The van der Waals surface area contributed by atoms with Crippen molar-refractivity contribution < 1.29 is 0 Å². The number of thiophene rings is 1. The first kappa shape index (κ1) is 17.8. The summed E-state index contributed by atoms with van der Waals surface area (Å²) in [6, 6.07) is 12.2. The Balaban J connectivity index is 1.70. The summed E-state index contributed by atoms with van der Waals surface area (Å²) in [5, 5.41) is 5.98. The molecule has 0 atom stereocenters. The summed E-state index contributed by atoms with van der Waals surface area (Å²) in [5.41, 5.74) is 8.24. The van der Waals surface area contributed by atoms with Gasteiger partial charge in [-0.3, -0.25) is 0 Å². The van der Waals surface area contributed by atoms with Crippen LogP contribution in [0.3, 0.4) is 0 Å². The number of anilines is 3. The second kappa shape index (κ2) is 7.90. The lowest BCUT2D eigenvalue weighted by Gasteiger charge is -2.12. The maximum absolute atomic E-state index is 6.09. The van der Waals surface area contributed by atoms with Crippen LogP contribution in [0.25, 0.3) is 0 Å². The van der Waals surface area contributed by atoms with Crippen LogP contribution in [-0.4, -0.2) is 31.2 Å². The largest absolute Gasteiger partial charge is 0.382 e. The van der Waals surface area contributed by atoms with Crippen molar-refractivity contribution in [1.82, 2.24) is 4.98 Å². The second-order valence-corrected chi connectivity index (χ2v) is 8.45. The van der Waals surface area contributed by atoms with Crippen molar-refractivity contribution in [3.05, 3.63) is 46.7 Å². The number of nitrogens with zero attached hydrogens (tertiary/aromatic N) is 3. The quantitative estimate of drug-likeness (QED) is 0.361. The van der Waals surface area contributed by atoms with Crippen LogP contribution in [0.1, 0.15) is 4.88 Å². The van der Waals surface area contributed by atoms with E-state index in [9.17, 15) is 0 Å². The Morgan fingerprint density at radius 1 is 1.20 bits per heavy atom. The number of nitrogens with one attached hydrogen (secondary N) is 1. The average Bonchev–Trinajstić information content (AvgIpc) is 3.24. The van der Waals surface area contributed by atoms with Crippen LogP contribution >= 0.6 is 34.4 Å². The normalized spacial score (nSPS) is 11.6. The predicted molar refractivity (Wildman–Crippen MR) is 113 cm³/mol. The van der Waals surface area contributed by atoms with Crippen LogP contribution in [0.4, 0.5) is 22.3 Å². The van der Waals surface area contributed by atoms with Crippen LogP contribution in [-0.2, 0) is 0 Å². The van der Waals surface area contributed by atoms with Gasteiger partial charge in [0.2, 0.25) is 0 Å². The van der Waals surface area contributed by atoms with Crippen LogP contribution < -0.4 is 16.0 Å². The molecule has 3 rings (SSSR count). The summed E-state index contributed by atoms with van der Waals surface area (Å²) < 4.78 is 1.22. The molecule has 25 heavy (non-hydrogen) atoms. The fraction of sp³-hybridized carbons (Fsp3) is 0.176. The van der Waals surface area contributed by atoms with Gasteiger partial charge in [-0.05, 0) is 42.7 Å². The van der Waals surface area contributed by atoms with Crippen molar-refractivity contribution in [2.45, 2.75) is 4.21 Å². The van der Waals surface area contributed by atoms with Gasteiger partial charge in [0, 0.05) is 30.9 Å². The molecule has 0 aliphatic heterocycles. The molecule has 0 unspecified atom stereocenters. The first-order valence-electron chi connectivity index (χ1n) is 7.53. The Hall–Kier alpha value is -2.03. The second-order valence-electron chi connectivity index (χ2n) is 5.40. The van der Waals surface area contributed by atoms with Gasteiger partial charge in [-0.1, -0.05) is 0 Å². The Morgan fingerprint density at radius 2 is 1.96 bits per heavy atom. The number of rotatable bonds is 6. The van der Waals surface area contributed by atoms with Crippen molar-refractivity contribution in [2.75, 3.05) is 30.6 Å². The standard InChI is InChI=1S/C17H19N5S3/c1-22(2)12-6-4-11(5-7-12)19-17-21-14(10-24-17)20-16(18)13-8-9-15(23-3)25-13/h4-10H,1-3H3,(H2,18,20)(H,19,21). The zero-order valence-electron chi connectivity index (χ0n) is 14.2. The van der Waals surface area contributed by atoms with Gasteiger partial charge in [0.15, 0.2) is 10.9 Å². The summed E-state index contributed by atoms with van der Waals surface area (Å²) in [5.74, 6) is 1.12. The molecule has 0 saturated heterocycles. The van der Waals surface area contributed by atoms with E-state index in [1.165, 1.54) is 15.5 Å². The van der Waals surface area contributed by atoms with Gasteiger partial charge in [-0.2, -0.15) is 0 Å². The predicted octanol–water partition coefficient (Wildman–Crippen LogP) is 4.77. The molecule has 3 aromatic rings. The van der Waals surface area contributed by atoms with Gasteiger partial charge in [0.1, 0.15) is 5.84 Å². The average molecular weight is 390 g/mol. The van der Waals surface area contributed by atoms with Crippen molar-refractivity contribution in [3.63, 3.8) is 0 Å². The SMILES string of the molecule is CSc1ccc(C(N)=Nc2csc(Nc3ccc(N(C)C)cc3)n2)s1. The smallest absolute Gasteiger partial charge is 0.189 e. The first-order chi connectivity index (χ1) is 12.0. The fourth-order valence-electron chi connectivity index (χ4n) is 2.09. The number of aliphatic imine (C=N–C) groups is 1. The number of thiazole rings is 1. The minimum atomic E-state index is 0.498. The van der Waals surface area contributed by atoms with E-state index in [1.807, 2.05) is 43.9 Å². The molecule has 0 aliphatic rings. The van der Waals surface area contributed by atoms with Gasteiger partial charge in [0.25, 0.3) is 0 Å². The van der Waals surface area contributed by atoms with E-state index >= 15 is 0 Å². The number of hydrogen-bond acceptors (Lipinski definition) is 7. The number of hydrogen-bond donors (Lipinski definition) is 2. The Kier molecular flexibility index (Phi) is 5.62. The van der Waals surface area contributed by atoms with Crippen LogP contribution in [0, 0.1) is 0 Å². The third-order valence-electron chi connectivity index (χ3n) is 3.40. The van der Waals surface area contributed by atoms with Crippen molar-refractivity contribution in [2.24, 2.45) is 10.7 Å². The first-order valence-corrected chi connectivity index (χ1v) is 10.5. The number of thioether (sulfide) groups is 1. The van der Waals surface area contributed by atoms with E-state index in [0.717, 1.165) is 21.4 Å². The number of benzene rings is 1. The Morgan fingerprint density at radius 3 is 2.60 bits per heavy atom. The van der Waals surface area contributed by atoms with E-state index in [2.05, 4.69) is 38.4 Å². The molecule has 130 valence electrons. The van der Waals surface area contributed by atoms with Gasteiger partial charge in [-0.25, -0.2) is 9.98 Å². The van der Waals surface area contributed by atoms with Gasteiger partial charge in [0.05, 0.1) is 9.09 Å². The summed E-state index contributed by atoms with van der Waals surface area (Å²) >= 11 is 4.84. The maximum Gasteiger partial charge on any atom is 0.189 e. The lowest BCUT2D eigenvalue weighted by atomic mass is 10.2. The highest BCUT2D eigenvalue weighted by atomic mass is 32.2. The zero-order chi connectivity index (χ0) is 17.8. The van der Waals surface area contributed by atoms with Crippen LogP contribution in [0.5, 0.6) is 0 Å². The molecule has 1 aromatic carbocycles. The minimum absolute atomic E-state index is 0.498. The molecule has 0 fully saturated rings. The molecule has 0 spiro atoms. The molecule has 0 aliphatic carbocycles. The summed E-state index contributed by atoms with van der Waals surface area (Å²) in [6.45, 7) is 0. The highest BCUT2D eigenvalue weighted by Gasteiger charge is 2.06. The van der Waals surface area contributed by atoms with Gasteiger partial charge >= 0.3 is 0 Å². The lowest BCUT2D eigenvalue weighted by Crippen LogP contribution is -2.10. The topological polar surface area (TPSA) is 66.5 Å². The zero-order valence-corrected chi connectivity index (χ0v) is 16.6. The summed E-state index contributed by atoms with van der Waals surface area (Å²) in [6.07, 6.45) is 2.05. The van der Waals surface area contributed by atoms with E-state index in [4.69, 9.17) is 5.73 Å². The molecule has 5 nitrogen and oxygen atoms in total. The van der Waals surface area contributed by atoms with Crippen molar-refractivity contribution in [3.8, 4) is 0 Å². The van der Waals surface area contributed by atoms with Crippen molar-refractivity contribution in [1.29, 1.82) is 0 Å². The molecule has 0 saturated carbocycles. The Bertz CT molecular complexity index is 865. The molecule has 0 radical (unpaired) electrons. The van der Waals surface area contributed by atoms with E-state index in [-0.39, 0.29) is 0 Å². The van der Waals surface area contributed by atoms with Crippen LogP contribution in [0.2, 0.25) is 0 Å². The number of aromatic nitrogens is 1. The maximum atomic E-state index is 6.09. The third-order valence-corrected chi connectivity index (χ3v) is 6.33. The molecule has 0 amide bonds. The fourth-order valence-corrected chi connectivity index (χ4v) is 4.18. The van der Waals surface area contributed by atoms with Crippen molar-refractivity contribution >= 4 is 62.6 Å². The van der Waals surface area contributed by atoms with Crippen LogP contribution in [0.15, 0.2) is 51.0 Å². The molecule has 8 heteroatoms. The monoisotopic (exact) mass is 389 g/mol. The lowest BCUT2D eigenvalue weighted by molar-refractivity contribution is 1.13. The summed E-state index contributed by atoms with van der Waals surface area (Å²) in [4.78, 5) is 11.9. The van der Waals surface area contributed by atoms with Gasteiger partial charge in [-0.15, -0.1) is 34.4 Å². The molecule has 3 N–H and O–H groups in total. The summed E-state index contributed by atoms with van der Waals surface area (Å²) in [7, 11) is 4.04. The number of amidine groups is 1. The molecule has 2 aromatic heterocycles. The van der Waals surface area contributed by atoms with E-state index in [0.29, 0.717) is 11.7 Å².